The summed E-state index contributed by atoms with van der Waals surface area (Å²) in [7, 11) is 0. The van der Waals surface area contributed by atoms with E-state index in [0.717, 1.165) is 36.3 Å². The van der Waals surface area contributed by atoms with Crippen LogP contribution in [0.25, 0.3) is 0 Å². The van der Waals surface area contributed by atoms with Crippen LogP contribution in [-0.2, 0) is 6.18 Å². The summed E-state index contributed by atoms with van der Waals surface area (Å²) >= 11 is 0. The van der Waals surface area contributed by atoms with Crippen molar-refractivity contribution in [2.75, 3.05) is 12.0 Å². The number of alkyl halides is 3. The quantitative estimate of drug-likeness (QED) is 0.421. The number of para-hydroxylation sites is 1. The van der Waals surface area contributed by atoms with Gasteiger partial charge >= 0.3 is 6.18 Å². The molecule has 0 saturated carbocycles. The maximum Gasteiger partial charge on any atom is 0.416 e. The van der Waals surface area contributed by atoms with Gasteiger partial charge in [0.2, 0.25) is 0 Å². The Bertz CT molecular complexity index is 667. The number of ether oxygens (including phenoxy) is 1. The van der Waals surface area contributed by atoms with Crippen LogP contribution >= 0.6 is 0 Å². The maximum atomic E-state index is 12.5. The molecule has 1 N–H and O–H groups in total. The molecule has 0 amide bonds. The van der Waals surface area contributed by atoms with E-state index in [1.165, 1.54) is 12.1 Å². The Morgan fingerprint density at radius 2 is 1.79 bits per heavy atom. The van der Waals surface area contributed by atoms with Gasteiger partial charge in [0.15, 0.2) is 0 Å². The summed E-state index contributed by atoms with van der Waals surface area (Å²) in [5.74, 6) is 0.726. The van der Waals surface area contributed by atoms with Crippen LogP contribution in [0.5, 0.6) is 5.75 Å². The number of nitrogens with one attached hydrogen (secondary N) is 1. The van der Waals surface area contributed by atoms with Gasteiger partial charge in [0.1, 0.15) is 5.75 Å². The molecular formula is C18H19F3N2O. The zero-order valence-corrected chi connectivity index (χ0v) is 13.3. The lowest BCUT2D eigenvalue weighted by Crippen LogP contribution is -2.04. The summed E-state index contributed by atoms with van der Waals surface area (Å²) in [6, 6.07) is 12.2. The minimum Gasteiger partial charge on any atom is -0.493 e. The van der Waals surface area contributed by atoms with E-state index in [2.05, 4.69) is 17.5 Å². The molecule has 0 unspecified atom stereocenters. The third-order valence-corrected chi connectivity index (χ3v) is 3.28. The SMILES string of the molecule is CCCCOc1ccccc1C=NNc1ccc(C(F)(F)F)cc1. The van der Waals surface area contributed by atoms with Crippen LogP contribution in [-0.4, -0.2) is 12.8 Å². The van der Waals surface area contributed by atoms with Crippen molar-refractivity contribution >= 4 is 11.9 Å². The van der Waals surface area contributed by atoms with E-state index in [1.807, 2.05) is 24.3 Å². The van der Waals surface area contributed by atoms with Gasteiger partial charge in [-0.05, 0) is 42.8 Å². The molecule has 0 aliphatic carbocycles. The van der Waals surface area contributed by atoms with Crippen molar-refractivity contribution in [1.82, 2.24) is 0 Å². The zero-order chi connectivity index (χ0) is 17.4. The minimum atomic E-state index is -4.34. The van der Waals surface area contributed by atoms with E-state index in [4.69, 9.17) is 4.74 Å². The first-order chi connectivity index (χ1) is 11.5. The van der Waals surface area contributed by atoms with Crippen LogP contribution < -0.4 is 10.2 Å². The molecule has 0 aliphatic rings. The smallest absolute Gasteiger partial charge is 0.416 e. The van der Waals surface area contributed by atoms with E-state index < -0.39 is 11.7 Å². The molecule has 0 aliphatic heterocycles. The van der Waals surface area contributed by atoms with Crippen molar-refractivity contribution in [2.45, 2.75) is 25.9 Å². The number of rotatable bonds is 7. The summed E-state index contributed by atoms with van der Waals surface area (Å²) in [5.41, 5.74) is 3.30. The molecule has 0 atom stereocenters. The topological polar surface area (TPSA) is 33.6 Å². The first-order valence-corrected chi connectivity index (χ1v) is 7.69. The van der Waals surface area contributed by atoms with Crippen LogP contribution in [0.3, 0.4) is 0 Å². The van der Waals surface area contributed by atoms with Crippen molar-refractivity contribution < 1.29 is 17.9 Å². The normalized spacial score (nSPS) is 11.7. The van der Waals surface area contributed by atoms with Crippen molar-refractivity contribution in [1.29, 1.82) is 0 Å². The molecule has 0 bridgehead atoms. The van der Waals surface area contributed by atoms with Gasteiger partial charge in [-0.1, -0.05) is 25.5 Å². The third kappa shape index (κ3) is 5.30. The van der Waals surface area contributed by atoms with Crippen molar-refractivity contribution in [3.05, 3.63) is 59.7 Å². The number of hydrogen-bond donors (Lipinski definition) is 1. The lowest BCUT2D eigenvalue weighted by Gasteiger charge is -2.08. The Labute approximate surface area is 139 Å². The Balaban J connectivity index is 1.99. The molecule has 6 heteroatoms. The van der Waals surface area contributed by atoms with Gasteiger partial charge in [0.05, 0.1) is 24.1 Å². The summed E-state index contributed by atoms with van der Waals surface area (Å²) in [4.78, 5) is 0. The highest BCUT2D eigenvalue weighted by Gasteiger charge is 2.29. The zero-order valence-electron chi connectivity index (χ0n) is 13.3. The first kappa shape index (κ1) is 17.8. The van der Waals surface area contributed by atoms with E-state index in [9.17, 15) is 13.2 Å². The number of unbranched alkanes of at least 4 members (excludes halogenated alkanes) is 1. The van der Waals surface area contributed by atoms with Crippen LogP contribution in [0.1, 0.15) is 30.9 Å². The Morgan fingerprint density at radius 3 is 2.46 bits per heavy atom. The molecule has 0 fully saturated rings. The molecule has 2 aromatic rings. The second-order valence-electron chi connectivity index (χ2n) is 5.18. The van der Waals surface area contributed by atoms with Crippen LogP contribution in [0.15, 0.2) is 53.6 Å². The highest BCUT2D eigenvalue weighted by atomic mass is 19.4. The van der Waals surface area contributed by atoms with Crippen LogP contribution in [0.4, 0.5) is 18.9 Å². The van der Waals surface area contributed by atoms with E-state index in [1.54, 1.807) is 6.21 Å². The molecule has 0 aromatic heterocycles. The molecule has 2 rings (SSSR count). The average Bonchev–Trinajstić information content (AvgIpc) is 2.56. The standard InChI is InChI=1S/C18H19F3N2O/c1-2-3-12-24-17-7-5-4-6-14(17)13-22-23-16-10-8-15(9-11-16)18(19,20)21/h4-11,13,23H,2-3,12H2,1H3. The predicted molar refractivity (Wildman–Crippen MR) is 89.5 cm³/mol. The molecule has 24 heavy (non-hydrogen) atoms. The number of hydrogen-bond acceptors (Lipinski definition) is 3. The monoisotopic (exact) mass is 336 g/mol. The third-order valence-electron chi connectivity index (χ3n) is 3.28. The first-order valence-electron chi connectivity index (χ1n) is 7.69. The van der Waals surface area contributed by atoms with Crippen LogP contribution in [0.2, 0.25) is 0 Å². The number of benzene rings is 2. The van der Waals surface area contributed by atoms with Gasteiger partial charge in [-0.25, -0.2) is 0 Å². The minimum absolute atomic E-state index is 0.476. The summed E-state index contributed by atoms with van der Waals surface area (Å²) in [6.07, 6.45) is -0.740. The van der Waals surface area contributed by atoms with Crippen LogP contribution in [0, 0.1) is 0 Å². The van der Waals surface area contributed by atoms with Crippen molar-refractivity contribution in [3.8, 4) is 5.75 Å². The predicted octanol–water partition coefficient (Wildman–Crippen LogP) is 5.33. The average molecular weight is 336 g/mol. The second-order valence-corrected chi connectivity index (χ2v) is 5.18. The highest BCUT2D eigenvalue weighted by Crippen LogP contribution is 2.29. The summed E-state index contributed by atoms with van der Waals surface area (Å²) in [5, 5.41) is 4.06. The van der Waals surface area contributed by atoms with Gasteiger partial charge in [-0.3, -0.25) is 5.43 Å². The Morgan fingerprint density at radius 1 is 1.08 bits per heavy atom. The lowest BCUT2D eigenvalue weighted by atomic mass is 10.2. The van der Waals surface area contributed by atoms with Crippen molar-refractivity contribution in [2.24, 2.45) is 5.10 Å². The summed E-state index contributed by atoms with van der Waals surface area (Å²) < 4.78 is 43.2. The van der Waals surface area contributed by atoms with E-state index in [0.29, 0.717) is 12.3 Å². The Hall–Kier alpha value is -2.50. The molecule has 0 spiro atoms. The van der Waals surface area contributed by atoms with Gasteiger partial charge in [0, 0.05) is 5.56 Å². The van der Waals surface area contributed by atoms with Gasteiger partial charge in [0.25, 0.3) is 0 Å². The Kier molecular flexibility index (Phi) is 6.23. The van der Waals surface area contributed by atoms with Gasteiger partial charge < -0.3 is 4.74 Å². The van der Waals surface area contributed by atoms with Gasteiger partial charge in [-0.15, -0.1) is 0 Å². The highest BCUT2D eigenvalue weighted by molar-refractivity contribution is 5.83. The number of hydrazone groups is 1. The molecule has 0 saturated heterocycles. The molecular weight excluding hydrogens is 317 g/mol. The van der Waals surface area contributed by atoms with Gasteiger partial charge in [-0.2, -0.15) is 18.3 Å². The molecule has 2 aromatic carbocycles. The maximum absolute atomic E-state index is 12.5. The number of anilines is 1. The number of halogens is 3. The summed E-state index contributed by atoms with van der Waals surface area (Å²) in [6.45, 7) is 2.72. The van der Waals surface area contributed by atoms with E-state index in [-0.39, 0.29) is 0 Å². The largest absolute Gasteiger partial charge is 0.493 e. The molecule has 0 heterocycles. The fourth-order valence-electron chi connectivity index (χ4n) is 1.96. The van der Waals surface area contributed by atoms with Crippen molar-refractivity contribution in [3.63, 3.8) is 0 Å². The molecule has 0 radical (unpaired) electrons. The fourth-order valence-corrected chi connectivity index (χ4v) is 1.96. The molecule has 3 nitrogen and oxygen atoms in total. The fraction of sp³-hybridized carbons (Fsp3) is 0.278. The molecule has 128 valence electrons. The lowest BCUT2D eigenvalue weighted by molar-refractivity contribution is -0.137. The number of nitrogens with zero attached hydrogens (tertiary/aromatic N) is 1. The second kappa shape index (κ2) is 8.38. The van der Waals surface area contributed by atoms with E-state index >= 15 is 0 Å².